The Hall–Kier alpha value is -1.55. The highest BCUT2D eigenvalue weighted by Gasteiger charge is 2.15. The fourth-order valence-corrected chi connectivity index (χ4v) is 1.64. The highest BCUT2D eigenvalue weighted by atomic mass is 16.3. The summed E-state index contributed by atoms with van der Waals surface area (Å²) in [6, 6.07) is 5.08. The third-order valence-electron chi connectivity index (χ3n) is 2.77. The summed E-state index contributed by atoms with van der Waals surface area (Å²) < 4.78 is 0. The molecule has 1 aromatic rings. The Morgan fingerprint density at radius 1 is 1.53 bits per heavy atom. The lowest BCUT2D eigenvalue weighted by atomic mass is 10.0. The fourth-order valence-electron chi connectivity index (χ4n) is 1.64. The van der Waals surface area contributed by atoms with Crippen molar-refractivity contribution in [3.63, 3.8) is 0 Å². The second-order valence-electron chi connectivity index (χ2n) is 4.21. The number of nitrogens with one attached hydrogen (secondary N) is 1. The number of rotatable bonds is 5. The van der Waals surface area contributed by atoms with E-state index in [1.165, 1.54) is 0 Å². The molecule has 17 heavy (non-hydrogen) atoms. The van der Waals surface area contributed by atoms with Crippen molar-refractivity contribution in [1.29, 1.82) is 0 Å². The van der Waals surface area contributed by atoms with Crippen LogP contribution in [0.1, 0.15) is 25.3 Å². The van der Waals surface area contributed by atoms with Gasteiger partial charge in [-0.15, -0.1) is 0 Å². The number of aromatic hydroxyl groups is 1. The van der Waals surface area contributed by atoms with Crippen molar-refractivity contribution in [2.75, 3.05) is 11.9 Å². The summed E-state index contributed by atoms with van der Waals surface area (Å²) in [5.74, 6) is -0.0661. The van der Waals surface area contributed by atoms with Gasteiger partial charge in [0.15, 0.2) is 0 Å². The standard InChI is InChI=1S/C13H20N2O2/c1-3-4-10(8-14)13(17)15-11-6-5-9(2)12(16)7-11/h5-7,10,16H,3-4,8,14H2,1-2H3,(H,15,17). The summed E-state index contributed by atoms with van der Waals surface area (Å²) in [5.41, 5.74) is 6.95. The molecule has 0 spiro atoms. The molecule has 1 atom stereocenters. The topological polar surface area (TPSA) is 75.4 Å². The molecule has 0 heterocycles. The molecule has 0 fully saturated rings. The van der Waals surface area contributed by atoms with Crippen LogP contribution in [0, 0.1) is 12.8 Å². The summed E-state index contributed by atoms with van der Waals surface area (Å²) in [6.07, 6.45) is 1.70. The number of phenolic OH excluding ortho intramolecular Hbond substituents is 1. The lowest BCUT2D eigenvalue weighted by Gasteiger charge is -2.14. The van der Waals surface area contributed by atoms with E-state index in [9.17, 15) is 9.90 Å². The Bertz CT molecular complexity index is 391. The van der Waals surface area contributed by atoms with E-state index in [-0.39, 0.29) is 17.6 Å². The smallest absolute Gasteiger partial charge is 0.228 e. The molecule has 1 amide bonds. The Morgan fingerprint density at radius 2 is 2.24 bits per heavy atom. The molecule has 1 rings (SSSR count). The zero-order valence-electron chi connectivity index (χ0n) is 10.4. The minimum Gasteiger partial charge on any atom is -0.508 e. The van der Waals surface area contributed by atoms with Gasteiger partial charge >= 0.3 is 0 Å². The van der Waals surface area contributed by atoms with Crippen LogP contribution in [0.15, 0.2) is 18.2 Å². The highest BCUT2D eigenvalue weighted by Crippen LogP contribution is 2.21. The van der Waals surface area contributed by atoms with E-state index in [4.69, 9.17) is 5.73 Å². The number of benzene rings is 1. The molecule has 94 valence electrons. The number of carbonyl (C=O) groups is 1. The number of nitrogens with two attached hydrogens (primary N) is 1. The van der Waals surface area contributed by atoms with Crippen LogP contribution in [0.5, 0.6) is 5.75 Å². The number of phenols is 1. The first-order valence-electron chi connectivity index (χ1n) is 5.89. The van der Waals surface area contributed by atoms with E-state index in [0.29, 0.717) is 12.2 Å². The molecule has 4 N–H and O–H groups in total. The van der Waals surface area contributed by atoms with Crippen LogP contribution < -0.4 is 11.1 Å². The zero-order valence-corrected chi connectivity index (χ0v) is 10.4. The number of amides is 1. The maximum absolute atomic E-state index is 11.9. The number of hydrogen-bond donors (Lipinski definition) is 3. The molecular weight excluding hydrogens is 216 g/mol. The summed E-state index contributed by atoms with van der Waals surface area (Å²) in [7, 11) is 0. The van der Waals surface area contributed by atoms with Gasteiger partial charge < -0.3 is 16.2 Å². The van der Waals surface area contributed by atoms with Crippen molar-refractivity contribution in [2.45, 2.75) is 26.7 Å². The summed E-state index contributed by atoms with van der Waals surface area (Å²) in [6.45, 7) is 4.17. The van der Waals surface area contributed by atoms with Gasteiger partial charge in [-0.3, -0.25) is 4.79 Å². The Labute approximate surface area is 102 Å². The first-order chi connectivity index (χ1) is 8.08. The Balaban J connectivity index is 2.69. The van der Waals surface area contributed by atoms with E-state index in [1.807, 2.05) is 6.92 Å². The van der Waals surface area contributed by atoms with Crippen molar-refractivity contribution in [1.82, 2.24) is 0 Å². The lowest BCUT2D eigenvalue weighted by Crippen LogP contribution is -2.29. The largest absolute Gasteiger partial charge is 0.508 e. The van der Waals surface area contributed by atoms with E-state index < -0.39 is 0 Å². The van der Waals surface area contributed by atoms with Crippen molar-refractivity contribution < 1.29 is 9.90 Å². The molecule has 4 nitrogen and oxygen atoms in total. The van der Waals surface area contributed by atoms with Gasteiger partial charge in [0.2, 0.25) is 5.91 Å². The van der Waals surface area contributed by atoms with Crippen LogP contribution in [0.25, 0.3) is 0 Å². The van der Waals surface area contributed by atoms with Gasteiger partial charge in [-0.2, -0.15) is 0 Å². The second kappa shape index (κ2) is 6.25. The summed E-state index contributed by atoms with van der Waals surface area (Å²) in [4.78, 5) is 11.9. The molecule has 0 saturated heterocycles. The Kier molecular flexibility index (Phi) is 4.97. The third kappa shape index (κ3) is 3.75. The third-order valence-corrected chi connectivity index (χ3v) is 2.77. The molecule has 1 aromatic carbocycles. The van der Waals surface area contributed by atoms with Gasteiger partial charge in [-0.05, 0) is 25.0 Å². The number of carbonyl (C=O) groups excluding carboxylic acids is 1. The molecule has 0 saturated carbocycles. The molecule has 1 unspecified atom stereocenters. The van der Waals surface area contributed by atoms with Gasteiger partial charge in [0, 0.05) is 18.3 Å². The van der Waals surface area contributed by atoms with Gasteiger partial charge in [-0.25, -0.2) is 0 Å². The van der Waals surface area contributed by atoms with Gasteiger partial charge in [0.05, 0.1) is 5.92 Å². The van der Waals surface area contributed by atoms with E-state index in [2.05, 4.69) is 5.32 Å². The van der Waals surface area contributed by atoms with Crippen LogP contribution >= 0.6 is 0 Å². The highest BCUT2D eigenvalue weighted by molar-refractivity contribution is 5.92. The maximum atomic E-state index is 11.9. The molecule has 0 aliphatic rings. The summed E-state index contributed by atoms with van der Waals surface area (Å²) in [5, 5.41) is 12.3. The number of anilines is 1. The number of hydrogen-bond acceptors (Lipinski definition) is 3. The predicted molar refractivity (Wildman–Crippen MR) is 68.9 cm³/mol. The first-order valence-corrected chi connectivity index (χ1v) is 5.89. The molecule has 0 radical (unpaired) electrons. The van der Waals surface area contributed by atoms with Crippen LogP contribution in [0.4, 0.5) is 5.69 Å². The maximum Gasteiger partial charge on any atom is 0.228 e. The lowest BCUT2D eigenvalue weighted by molar-refractivity contribution is -0.119. The fraction of sp³-hybridized carbons (Fsp3) is 0.462. The van der Waals surface area contributed by atoms with E-state index >= 15 is 0 Å². The van der Waals surface area contributed by atoms with Crippen LogP contribution in [0.3, 0.4) is 0 Å². The first kappa shape index (κ1) is 13.5. The van der Waals surface area contributed by atoms with Gasteiger partial charge in [-0.1, -0.05) is 19.4 Å². The molecular formula is C13H20N2O2. The molecule has 0 aliphatic carbocycles. The quantitative estimate of drug-likeness (QED) is 0.732. The SMILES string of the molecule is CCCC(CN)C(=O)Nc1ccc(C)c(O)c1. The second-order valence-corrected chi connectivity index (χ2v) is 4.21. The molecule has 0 aliphatic heterocycles. The van der Waals surface area contributed by atoms with Gasteiger partial charge in [0.25, 0.3) is 0 Å². The normalized spacial score (nSPS) is 12.2. The van der Waals surface area contributed by atoms with Crippen LogP contribution in [-0.4, -0.2) is 17.6 Å². The average molecular weight is 236 g/mol. The minimum atomic E-state index is -0.163. The van der Waals surface area contributed by atoms with Crippen molar-refractivity contribution in [3.8, 4) is 5.75 Å². The van der Waals surface area contributed by atoms with Crippen molar-refractivity contribution >= 4 is 11.6 Å². The minimum absolute atomic E-state index is 0.0856. The molecule has 0 aromatic heterocycles. The van der Waals surface area contributed by atoms with Crippen LogP contribution in [-0.2, 0) is 4.79 Å². The monoisotopic (exact) mass is 236 g/mol. The van der Waals surface area contributed by atoms with E-state index in [1.54, 1.807) is 25.1 Å². The Morgan fingerprint density at radius 3 is 2.76 bits per heavy atom. The zero-order chi connectivity index (χ0) is 12.8. The average Bonchev–Trinajstić information content (AvgIpc) is 2.30. The van der Waals surface area contributed by atoms with Crippen LogP contribution in [0.2, 0.25) is 0 Å². The molecule has 0 bridgehead atoms. The van der Waals surface area contributed by atoms with Crippen molar-refractivity contribution in [2.24, 2.45) is 11.7 Å². The summed E-state index contributed by atoms with van der Waals surface area (Å²) >= 11 is 0. The van der Waals surface area contributed by atoms with Crippen molar-refractivity contribution in [3.05, 3.63) is 23.8 Å². The van der Waals surface area contributed by atoms with Gasteiger partial charge in [0.1, 0.15) is 5.75 Å². The van der Waals surface area contributed by atoms with E-state index in [0.717, 1.165) is 18.4 Å². The molecule has 4 heteroatoms. The predicted octanol–water partition coefficient (Wildman–Crippen LogP) is 2.01. The number of aryl methyl sites for hydroxylation is 1.